The van der Waals surface area contributed by atoms with Crippen molar-refractivity contribution >= 4 is 23.4 Å². The molecule has 0 unspecified atom stereocenters. The molecule has 0 bridgehead atoms. The number of pyridine rings is 1. The summed E-state index contributed by atoms with van der Waals surface area (Å²) in [6, 6.07) is 3.55. The normalized spacial score (nSPS) is 17.6. The summed E-state index contributed by atoms with van der Waals surface area (Å²) in [5.41, 5.74) is 8.19. The maximum Gasteiger partial charge on any atom is 0.354 e. The number of anilines is 1. The molecule has 2 rings (SSSR count). The summed E-state index contributed by atoms with van der Waals surface area (Å²) in [6.07, 6.45) is 2.22. The third kappa shape index (κ3) is 4.84. The van der Waals surface area contributed by atoms with Crippen molar-refractivity contribution in [1.82, 2.24) is 9.88 Å². The highest BCUT2D eigenvalue weighted by atomic mass is 16.5. The van der Waals surface area contributed by atoms with Crippen LogP contribution >= 0.6 is 0 Å². The lowest BCUT2D eigenvalue weighted by atomic mass is 9.99. The van der Waals surface area contributed by atoms with E-state index in [0.717, 1.165) is 11.5 Å². The van der Waals surface area contributed by atoms with Crippen molar-refractivity contribution in [2.45, 2.75) is 20.3 Å². The van der Waals surface area contributed by atoms with Gasteiger partial charge in [-0.05, 0) is 26.0 Å². The van der Waals surface area contributed by atoms with Gasteiger partial charge in [0.25, 0.3) is 5.91 Å². The third-order valence-corrected chi connectivity index (χ3v) is 4.21. The number of nitrogens with zero attached hydrogens (tertiary/aromatic N) is 4. The maximum absolute atomic E-state index is 12.1. The van der Waals surface area contributed by atoms with Crippen molar-refractivity contribution in [1.29, 1.82) is 0 Å². The van der Waals surface area contributed by atoms with E-state index in [9.17, 15) is 9.59 Å². The second kappa shape index (κ2) is 9.16. The highest BCUT2D eigenvalue weighted by Gasteiger charge is 2.26. The summed E-state index contributed by atoms with van der Waals surface area (Å²) < 4.78 is 5.04. The van der Waals surface area contributed by atoms with Gasteiger partial charge in [0.05, 0.1) is 12.2 Å². The van der Waals surface area contributed by atoms with Crippen LogP contribution in [0.1, 0.15) is 30.6 Å². The number of carbonyl (C=O) groups excluding carboxylic acids is 2. The van der Waals surface area contributed by atoms with E-state index in [0.29, 0.717) is 37.2 Å². The molecule has 0 aliphatic carbocycles. The van der Waals surface area contributed by atoms with Gasteiger partial charge in [0.2, 0.25) is 0 Å². The second-order valence-electron chi connectivity index (χ2n) is 6.31. The number of ether oxygens (including phenoxy) is 1. The first-order valence-corrected chi connectivity index (χ1v) is 9.01. The zero-order chi connectivity index (χ0) is 20.0. The number of esters is 1. The molecule has 1 aliphatic rings. The number of carbonyl (C=O) groups is 2. The summed E-state index contributed by atoms with van der Waals surface area (Å²) in [4.78, 5) is 36.5. The Balaban J connectivity index is 2.28. The molecule has 0 saturated carbocycles. The van der Waals surface area contributed by atoms with E-state index < -0.39 is 5.97 Å². The molecule has 2 heterocycles. The molecule has 0 aromatic carbocycles. The smallest absolute Gasteiger partial charge is 0.354 e. The maximum atomic E-state index is 12.1. The van der Waals surface area contributed by atoms with Crippen LogP contribution in [0.25, 0.3) is 0 Å². The van der Waals surface area contributed by atoms with Crippen molar-refractivity contribution in [2.24, 2.45) is 10.7 Å². The number of hydrogen-bond acceptors (Lipinski definition) is 7. The zero-order valence-electron chi connectivity index (χ0n) is 16.4. The lowest BCUT2D eigenvalue weighted by Gasteiger charge is -2.31. The molecule has 1 saturated heterocycles. The van der Waals surface area contributed by atoms with Gasteiger partial charge in [0.1, 0.15) is 11.5 Å². The molecule has 8 nitrogen and oxygen atoms in total. The molecule has 2 N–H and O–H groups in total. The number of nitrogens with two attached hydrogens (primary N) is 1. The van der Waals surface area contributed by atoms with E-state index >= 15 is 0 Å². The summed E-state index contributed by atoms with van der Waals surface area (Å²) in [5.74, 6) is 0.0882. The molecule has 0 atom stereocenters. The van der Waals surface area contributed by atoms with Gasteiger partial charge >= 0.3 is 5.97 Å². The van der Waals surface area contributed by atoms with Gasteiger partial charge < -0.3 is 20.3 Å². The number of rotatable bonds is 5. The monoisotopic (exact) mass is 373 g/mol. The Morgan fingerprint density at radius 1 is 1.33 bits per heavy atom. The van der Waals surface area contributed by atoms with Crippen LogP contribution in [-0.2, 0) is 9.53 Å². The Kier molecular flexibility index (Phi) is 6.92. The molecule has 27 heavy (non-hydrogen) atoms. The highest BCUT2D eigenvalue weighted by molar-refractivity contribution is 6.08. The fraction of sp³-hybridized carbons (Fsp3) is 0.474. The van der Waals surface area contributed by atoms with Gasteiger partial charge in [-0.15, -0.1) is 0 Å². The van der Waals surface area contributed by atoms with E-state index in [1.165, 1.54) is 4.90 Å². The molecule has 1 fully saturated rings. The Bertz CT molecular complexity index is 753. The number of amides is 1. The van der Waals surface area contributed by atoms with Crippen molar-refractivity contribution in [3.05, 3.63) is 35.2 Å². The van der Waals surface area contributed by atoms with Crippen LogP contribution in [0.4, 0.5) is 5.82 Å². The first-order valence-electron chi connectivity index (χ1n) is 9.01. The van der Waals surface area contributed by atoms with Crippen LogP contribution in [0.2, 0.25) is 0 Å². The van der Waals surface area contributed by atoms with Crippen LogP contribution in [-0.4, -0.2) is 67.8 Å². The Morgan fingerprint density at radius 2 is 2.07 bits per heavy atom. The lowest BCUT2D eigenvalue weighted by Crippen LogP contribution is -2.39. The number of aromatic nitrogens is 1. The highest BCUT2D eigenvalue weighted by Crippen LogP contribution is 2.22. The minimum atomic E-state index is -0.530. The largest absolute Gasteiger partial charge is 0.461 e. The number of aliphatic imine (C=N–C) groups is 1. The quantitative estimate of drug-likeness (QED) is 0.615. The van der Waals surface area contributed by atoms with Gasteiger partial charge in [0.15, 0.2) is 0 Å². The molecule has 0 radical (unpaired) electrons. The average molecular weight is 373 g/mol. The minimum Gasteiger partial charge on any atom is -0.461 e. The van der Waals surface area contributed by atoms with Crippen molar-refractivity contribution in [3.63, 3.8) is 0 Å². The summed E-state index contributed by atoms with van der Waals surface area (Å²) in [5, 5.41) is 0. The Hall–Kier alpha value is -2.90. The number of piperidine rings is 1. The third-order valence-electron chi connectivity index (χ3n) is 4.21. The van der Waals surface area contributed by atoms with Crippen molar-refractivity contribution in [3.8, 4) is 0 Å². The standard InChI is InChI=1S/C19H27N5O3/c1-5-21-15-9-10-24(12-14(15)17(20)19(26)27-6-2)16-8-7-13(11-22-16)18(25)23(3)4/h7-8,11H,5-6,9-10,12,20H2,1-4H3/b17-14-,21-15?. The van der Waals surface area contributed by atoms with E-state index in [1.807, 2.05) is 11.8 Å². The first-order chi connectivity index (χ1) is 12.9. The molecule has 1 aliphatic heterocycles. The van der Waals surface area contributed by atoms with E-state index in [4.69, 9.17) is 10.5 Å². The van der Waals surface area contributed by atoms with Crippen LogP contribution in [0.3, 0.4) is 0 Å². The predicted molar refractivity (Wildman–Crippen MR) is 105 cm³/mol. The zero-order valence-corrected chi connectivity index (χ0v) is 16.4. The summed E-state index contributed by atoms with van der Waals surface area (Å²) in [7, 11) is 3.40. The summed E-state index contributed by atoms with van der Waals surface area (Å²) >= 11 is 0. The molecule has 8 heteroatoms. The fourth-order valence-corrected chi connectivity index (χ4v) is 2.84. The molecule has 1 aromatic heterocycles. The molecule has 1 amide bonds. The topological polar surface area (TPSA) is 101 Å². The summed E-state index contributed by atoms with van der Waals surface area (Å²) in [6.45, 7) is 5.68. The van der Waals surface area contributed by atoms with E-state index in [2.05, 4.69) is 9.98 Å². The van der Waals surface area contributed by atoms with Crippen LogP contribution in [0.15, 0.2) is 34.6 Å². The van der Waals surface area contributed by atoms with Crippen LogP contribution in [0.5, 0.6) is 0 Å². The first kappa shape index (κ1) is 20.4. The Labute approximate surface area is 159 Å². The van der Waals surface area contributed by atoms with Crippen LogP contribution < -0.4 is 10.6 Å². The Morgan fingerprint density at radius 3 is 2.63 bits per heavy atom. The lowest BCUT2D eigenvalue weighted by molar-refractivity contribution is -0.138. The second-order valence-corrected chi connectivity index (χ2v) is 6.31. The van der Waals surface area contributed by atoms with Crippen LogP contribution in [0, 0.1) is 0 Å². The van der Waals surface area contributed by atoms with E-state index in [-0.39, 0.29) is 18.2 Å². The SMILES string of the molecule is CCN=C1CCN(c2ccc(C(=O)N(C)C)cn2)C/C1=C(/N)C(=O)OCC. The molecule has 1 aromatic rings. The van der Waals surface area contributed by atoms with Gasteiger partial charge in [-0.25, -0.2) is 9.78 Å². The molecule has 0 spiro atoms. The fourth-order valence-electron chi connectivity index (χ4n) is 2.84. The van der Waals surface area contributed by atoms with Gasteiger partial charge in [-0.1, -0.05) is 0 Å². The molecular formula is C19H27N5O3. The predicted octanol–water partition coefficient (Wildman–Crippen LogP) is 1.23. The van der Waals surface area contributed by atoms with Gasteiger partial charge in [-0.3, -0.25) is 9.79 Å². The minimum absolute atomic E-state index is 0.0909. The van der Waals surface area contributed by atoms with Gasteiger partial charge in [0, 0.05) is 57.6 Å². The van der Waals surface area contributed by atoms with Crippen molar-refractivity contribution in [2.75, 3.05) is 45.2 Å². The average Bonchev–Trinajstić information content (AvgIpc) is 2.67. The number of hydrogen-bond donors (Lipinski definition) is 1. The van der Waals surface area contributed by atoms with Gasteiger partial charge in [-0.2, -0.15) is 0 Å². The molecular weight excluding hydrogens is 346 g/mol. The molecule has 146 valence electrons. The van der Waals surface area contributed by atoms with Crippen molar-refractivity contribution < 1.29 is 14.3 Å². The van der Waals surface area contributed by atoms with E-state index in [1.54, 1.807) is 39.3 Å².